The number of hydrogen-bond acceptors (Lipinski definition) is 7. The molecule has 0 spiro atoms. The number of thiazole rings is 1. The average molecular weight is 441 g/mol. The Morgan fingerprint density at radius 3 is 2.34 bits per heavy atom. The van der Waals surface area contributed by atoms with Crippen LogP contribution in [0.4, 0.5) is 5.13 Å². The van der Waals surface area contributed by atoms with Crippen molar-refractivity contribution in [2.24, 2.45) is 0 Å². The minimum Gasteiger partial charge on any atom is -0.483 e. The first-order valence-electron chi connectivity index (χ1n) is 8.58. The summed E-state index contributed by atoms with van der Waals surface area (Å²) >= 11 is 0.979. The number of benzene rings is 1. The lowest BCUT2D eigenvalue weighted by atomic mass is 10.2. The van der Waals surface area contributed by atoms with Crippen molar-refractivity contribution in [1.82, 2.24) is 14.8 Å². The number of likely N-dealkylation sites (N-methyl/N-ethyl adjacent to an activating group) is 1. The van der Waals surface area contributed by atoms with Gasteiger partial charge in [0.1, 0.15) is 10.6 Å². The third kappa shape index (κ3) is 5.45. The maximum absolute atomic E-state index is 12.7. The monoisotopic (exact) mass is 440 g/mol. The maximum atomic E-state index is 12.7. The molecule has 2 aromatic rings. The number of sulfonamides is 1. The van der Waals surface area contributed by atoms with E-state index in [0.29, 0.717) is 21.9 Å². The van der Waals surface area contributed by atoms with Gasteiger partial charge in [-0.05, 0) is 37.6 Å². The van der Waals surface area contributed by atoms with Crippen molar-refractivity contribution in [3.63, 3.8) is 0 Å². The highest BCUT2D eigenvalue weighted by Gasteiger charge is 2.22. The van der Waals surface area contributed by atoms with Gasteiger partial charge < -0.3 is 14.5 Å². The van der Waals surface area contributed by atoms with Crippen LogP contribution in [0.1, 0.15) is 20.9 Å². The van der Waals surface area contributed by atoms with Gasteiger partial charge in [-0.15, -0.1) is 0 Å². The molecule has 0 saturated heterocycles. The Kier molecular flexibility index (Phi) is 6.85. The first-order valence-corrected chi connectivity index (χ1v) is 10.9. The molecule has 0 saturated carbocycles. The van der Waals surface area contributed by atoms with Gasteiger partial charge in [-0.1, -0.05) is 11.3 Å². The number of carbonyl (C=O) groups excluding carboxylic acids is 2. The van der Waals surface area contributed by atoms with Crippen molar-refractivity contribution in [3.05, 3.63) is 34.3 Å². The number of hydrogen-bond donors (Lipinski definition) is 1. The van der Waals surface area contributed by atoms with E-state index in [0.717, 1.165) is 11.3 Å². The van der Waals surface area contributed by atoms with Gasteiger partial charge in [0.2, 0.25) is 0 Å². The number of anilines is 1. The normalized spacial score (nSPS) is 11.1. The summed E-state index contributed by atoms with van der Waals surface area (Å²) in [6, 6.07) is 4.34. The van der Waals surface area contributed by atoms with E-state index < -0.39 is 10.0 Å². The van der Waals surface area contributed by atoms with Crippen LogP contribution in [0.2, 0.25) is 0 Å². The first-order chi connectivity index (χ1) is 13.4. The number of aromatic nitrogens is 1. The van der Waals surface area contributed by atoms with Crippen LogP contribution in [-0.2, 0) is 14.8 Å². The molecule has 9 nitrogen and oxygen atoms in total. The van der Waals surface area contributed by atoms with Crippen LogP contribution in [-0.4, -0.2) is 69.8 Å². The molecule has 0 aliphatic rings. The summed E-state index contributed by atoms with van der Waals surface area (Å²) < 4.78 is 33.3. The fourth-order valence-electron chi connectivity index (χ4n) is 2.24. The lowest BCUT2D eigenvalue weighted by Gasteiger charge is -2.13. The van der Waals surface area contributed by atoms with E-state index in [4.69, 9.17) is 4.74 Å². The zero-order chi connectivity index (χ0) is 21.9. The fourth-order valence-corrected chi connectivity index (χ4v) is 4.54. The van der Waals surface area contributed by atoms with Gasteiger partial charge in [0, 0.05) is 28.2 Å². The summed E-state index contributed by atoms with van der Waals surface area (Å²) in [6.45, 7) is 3.20. The molecule has 2 amide bonds. The predicted molar refractivity (Wildman–Crippen MR) is 111 cm³/mol. The highest BCUT2D eigenvalue weighted by Crippen LogP contribution is 2.27. The van der Waals surface area contributed by atoms with Crippen LogP contribution >= 0.6 is 11.3 Å². The Morgan fingerprint density at radius 1 is 1.14 bits per heavy atom. The van der Waals surface area contributed by atoms with Crippen molar-refractivity contribution in [3.8, 4) is 5.75 Å². The Hall–Kier alpha value is -2.66. The summed E-state index contributed by atoms with van der Waals surface area (Å²) in [5, 5.41) is 0.113. The molecule has 0 radical (unpaired) electrons. The van der Waals surface area contributed by atoms with E-state index in [1.807, 2.05) is 0 Å². The molecule has 0 aliphatic heterocycles. The molecule has 0 fully saturated rings. The highest BCUT2D eigenvalue weighted by atomic mass is 32.2. The van der Waals surface area contributed by atoms with Crippen LogP contribution in [0, 0.1) is 13.8 Å². The molecule has 11 heteroatoms. The molecular formula is C18H24N4O5S2. The predicted octanol–water partition coefficient (Wildman–Crippen LogP) is 1.73. The molecule has 29 heavy (non-hydrogen) atoms. The average Bonchev–Trinajstić information content (AvgIpc) is 2.98. The number of carbonyl (C=O) groups is 2. The Labute approximate surface area is 174 Å². The SMILES string of the molecule is Cc1cc(S(=O)(=O)Nc2nc(C)c(C(=O)N(C)C)s2)ccc1OCC(=O)N(C)C. The third-order valence-electron chi connectivity index (χ3n) is 3.93. The zero-order valence-corrected chi connectivity index (χ0v) is 18.8. The summed E-state index contributed by atoms with van der Waals surface area (Å²) in [5.41, 5.74) is 1.02. The molecule has 2 rings (SSSR count). The van der Waals surface area contributed by atoms with Crippen LogP contribution in [0.3, 0.4) is 0 Å². The maximum Gasteiger partial charge on any atom is 0.265 e. The fraction of sp³-hybridized carbons (Fsp3) is 0.389. The van der Waals surface area contributed by atoms with Gasteiger partial charge >= 0.3 is 0 Å². The van der Waals surface area contributed by atoms with E-state index >= 15 is 0 Å². The van der Waals surface area contributed by atoms with Gasteiger partial charge in [-0.2, -0.15) is 0 Å². The molecule has 0 unspecified atom stereocenters. The molecule has 158 valence electrons. The Balaban J connectivity index is 2.19. The summed E-state index contributed by atoms with van der Waals surface area (Å²) in [4.78, 5) is 31.1. The molecule has 1 heterocycles. The Bertz CT molecular complexity index is 1030. The second-order valence-electron chi connectivity index (χ2n) is 6.74. The molecule has 0 atom stereocenters. The largest absolute Gasteiger partial charge is 0.483 e. The second kappa shape index (κ2) is 8.78. The minimum atomic E-state index is -3.90. The lowest BCUT2D eigenvalue weighted by Crippen LogP contribution is -2.27. The van der Waals surface area contributed by atoms with Gasteiger partial charge in [0.25, 0.3) is 21.8 Å². The lowest BCUT2D eigenvalue weighted by molar-refractivity contribution is -0.130. The van der Waals surface area contributed by atoms with Crippen molar-refractivity contribution in [1.29, 1.82) is 0 Å². The molecule has 1 N–H and O–H groups in total. The quantitative estimate of drug-likeness (QED) is 0.702. The van der Waals surface area contributed by atoms with E-state index in [2.05, 4.69) is 9.71 Å². The molecule has 0 bridgehead atoms. The topological polar surface area (TPSA) is 109 Å². The molecular weight excluding hydrogens is 416 g/mol. The van der Waals surface area contributed by atoms with E-state index in [1.165, 1.54) is 28.0 Å². The number of nitrogens with one attached hydrogen (secondary N) is 1. The zero-order valence-electron chi connectivity index (χ0n) is 17.1. The number of ether oxygens (including phenoxy) is 1. The second-order valence-corrected chi connectivity index (χ2v) is 9.42. The number of rotatable bonds is 7. The molecule has 1 aromatic carbocycles. The van der Waals surface area contributed by atoms with Gasteiger partial charge in [-0.3, -0.25) is 14.3 Å². The summed E-state index contributed by atoms with van der Waals surface area (Å²) in [7, 11) is 2.57. The van der Waals surface area contributed by atoms with E-state index in [1.54, 1.807) is 42.0 Å². The third-order valence-corrected chi connectivity index (χ3v) is 6.45. The minimum absolute atomic E-state index is 0.0228. The first kappa shape index (κ1) is 22.6. The number of nitrogens with zero attached hydrogens (tertiary/aromatic N) is 3. The summed E-state index contributed by atoms with van der Waals surface area (Å²) in [6.07, 6.45) is 0. The van der Waals surface area contributed by atoms with E-state index in [-0.39, 0.29) is 28.4 Å². The van der Waals surface area contributed by atoms with Crippen LogP contribution in [0.5, 0.6) is 5.75 Å². The van der Waals surface area contributed by atoms with E-state index in [9.17, 15) is 18.0 Å². The number of aryl methyl sites for hydroxylation is 2. The van der Waals surface area contributed by atoms with Crippen LogP contribution in [0.15, 0.2) is 23.1 Å². The van der Waals surface area contributed by atoms with Crippen molar-refractivity contribution in [2.75, 3.05) is 39.5 Å². The van der Waals surface area contributed by atoms with Gasteiger partial charge in [-0.25, -0.2) is 13.4 Å². The standard InChI is InChI=1S/C18H24N4O5S2/c1-11-9-13(7-8-14(11)27-10-15(23)21(3)4)29(25,26)20-18-19-12(2)16(28-18)17(24)22(5)6/h7-9H,10H2,1-6H3,(H,19,20). The number of amides is 2. The molecule has 1 aromatic heterocycles. The van der Waals surface area contributed by atoms with Crippen molar-refractivity contribution < 1.29 is 22.7 Å². The van der Waals surface area contributed by atoms with Crippen molar-refractivity contribution >= 4 is 38.3 Å². The van der Waals surface area contributed by atoms with Crippen LogP contribution < -0.4 is 9.46 Å². The molecule has 0 aliphatic carbocycles. The van der Waals surface area contributed by atoms with Gasteiger partial charge in [0.15, 0.2) is 11.7 Å². The smallest absolute Gasteiger partial charge is 0.265 e. The highest BCUT2D eigenvalue weighted by molar-refractivity contribution is 7.93. The van der Waals surface area contributed by atoms with Gasteiger partial charge in [0.05, 0.1) is 10.6 Å². The summed E-state index contributed by atoms with van der Waals surface area (Å²) in [5.74, 6) is -0.0249. The van der Waals surface area contributed by atoms with Crippen LogP contribution in [0.25, 0.3) is 0 Å². The Morgan fingerprint density at radius 2 is 1.79 bits per heavy atom. The van der Waals surface area contributed by atoms with Crippen molar-refractivity contribution in [2.45, 2.75) is 18.7 Å².